The summed E-state index contributed by atoms with van der Waals surface area (Å²) in [6.45, 7) is 7.22. The number of fused-ring (bicyclic) bond motifs is 34. The molecule has 0 unspecified atom stereocenters. The second kappa shape index (κ2) is 27.6. The number of pyridine rings is 1. The zero-order valence-electron chi connectivity index (χ0n) is 68.1. The predicted molar refractivity (Wildman–Crippen MR) is 536 cm³/mol. The fourth-order valence-electron chi connectivity index (χ4n) is 20.6. The minimum Gasteiger partial charge on any atom is -0.343 e. The molecule has 0 bridgehead atoms. The Morgan fingerprint density at radius 3 is 1.36 bits per heavy atom. The van der Waals surface area contributed by atoms with Gasteiger partial charge in [0, 0.05) is 136 Å². The summed E-state index contributed by atoms with van der Waals surface area (Å²) in [6.07, 6.45) is 1.86. The lowest BCUT2D eigenvalue weighted by molar-refractivity contribution is 1.02. The minimum absolute atomic E-state index is 0.980. The molecule has 27 rings (SSSR count). The Morgan fingerprint density at radius 2 is 0.699 bits per heavy atom. The monoisotopic (exact) mass is 1620 g/mol. The van der Waals surface area contributed by atoms with Crippen LogP contribution in [-0.4, -0.2) is 31.3 Å². The van der Waals surface area contributed by atoms with Gasteiger partial charge in [-0.15, -0.1) is 22.7 Å². The summed E-state index contributed by atoms with van der Waals surface area (Å²) in [5, 5.41) is 35.3. The van der Waals surface area contributed by atoms with Gasteiger partial charge in [0.2, 0.25) is 0 Å². The maximum atomic E-state index is 4.61. The number of rotatable bonds is 6. The number of thiophene rings is 2. The molecular weight excluding hydrogens is 1540 g/mol. The number of benzene rings is 20. The number of para-hydroxylation sites is 4. The molecule has 7 aromatic heterocycles. The van der Waals surface area contributed by atoms with Crippen molar-refractivity contribution in [3.8, 4) is 39.4 Å². The third-order valence-electron chi connectivity index (χ3n) is 26.2. The summed E-state index contributed by atoms with van der Waals surface area (Å²) in [6, 6.07) is 143. The smallest absolute Gasteiger partial charge is 0.0775 e. The molecule has 0 aliphatic carbocycles. The Balaban J connectivity index is 0.000000102. The number of aryl methyl sites for hydroxylation is 1. The topological polar surface area (TPSA) is 32.6 Å². The van der Waals surface area contributed by atoms with Crippen LogP contribution >= 0.6 is 22.7 Å². The standard InChI is InChI=1S/C42H34N2Si.C37H22N2S.C36H21NS/c1-43-39-14-7-5-12-33(39)37-22-20-31-32-21-23-38-34-13-6-8-15-40(34)44(42(38)36(32)25-24-35(31)41(37)43)29-11-9-10-28(26-29)27-16-18-30(19-17-27)45(2,3)4;1-3-13-34-27(10-1)30-18-17-26-29(37(30)39(34)25-9-7-8-24(20-25)33-12-5-6-19-38-33)16-15-23-21-36-32(22-31(23)26)28-11-2-4-14-35(28)40-36;1-2-11-24-21-25(19-17-22(24)9-1)37-30-15-7-5-13-27(30)33-29-20-18-23-10-3-4-12-26(23)32(29)34-28-14-6-8-16-31(28)38-36(34)35(33)37/h5-26H,1-4H3;1-22H;1-21H. The lowest BCUT2D eigenvalue weighted by Gasteiger charge is -2.17. The van der Waals surface area contributed by atoms with E-state index < -0.39 is 8.07 Å². The molecular formula is C115H77N5S2Si. The summed E-state index contributed by atoms with van der Waals surface area (Å²) >= 11 is 3.80. The van der Waals surface area contributed by atoms with Crippen LogP contribution in [0.5, 0.6) is 0 Å². The van der Waals surface area contributed by atoms with Gasteiger partial charge in [-0.05, 0) is 167 Å². The molecule has 8 heteroatoms. The lowest BCUT2D eigenvalue weighted by Crippen LogP contribution is -2.37. The zero-order valence-corrected chi connectivity index (χ0v) is 70.7. The van der Waals surface area contributed by atoms with E-state index in [0.717, 1.165) is 16.9 Å². The summed E-state index contributed by atoms with van der Waals surface area (Å²) < 4.78 is 15.1. The molecule has 5 nitrogen and oxygen atoms in total. The van der Waals surface area contributed by atoms with E-state index in [-0.39, 0.29) is 0 Å². The van der Waals surface area contributed by atoms with Gasteiger partial charge < -0.3 is 18.3 Å². The van der Waals surface area contributed by atoms with Crippen molar-refractivity contribution in [2.24, 2.45) is 7.05 Å². The van der Waals surface area contributed by atoms with E-state index in [1.165, 1.54) is 231 Å². The second-order valence-electron chi connectivity index (χ2n) is 34.0. The molecule has 0 spiro atoms. The van der Waals surface area contributed by atoms with Crippen LogP contribution < -0.4 is 5.19 Å². The molecule has 0 N–H and O–H groups in total. The molecule has 7 heterocycles. The average molecular weight is 1620 g/mol. The largest absolute Gasteiger partial charge is 0.343 e. The number of hydrogen-bond acceptors (Lipinski definition) is 3. The van der Waals surface area contributed by atoms with Gasteiger partial charge in [0.1, 0.15) is 0 Å². The number of hydrogen-bond donors (Lipinski definition) is 0. The summed E-state index contributed by atoms with van der Waals surface area (Å²) in [7, 11) is 0.844. The molecule has 0 amide bonds. The van der Waals surface area contributed by atoms with Gasteiger partial charge in [-0.2, -0.15) is 0 Å². The van der Waals surface area contributed by atoms with Crippen molar-refractivity contribution >= 4 is 239 Å². The minimum atomic E-state index is -1.35. The highest BCUT2D eigenvalue weighted by molar-refractivity contribution is 7.27. The Morgan fingerprint density at radius 1 is 0.236 bits per heavy atom. The summed E-state index contributed by atoms with van der Waals surface area (Å²) in [5.41, 5.74) is 18.2. The fourth-order valence-corrected chi connectivity index (χ4v) is 24.1. The molecule has 0 fully saturated rings. The van der Waals surface area contributed by atoms with E-state index in [1.54, 1.807) is 0 Å². The van der Waals surface area contributed by atoms with Crippen molar-refractivity contribution in [3.63, 3.8) is 0 Å². The zero-order chi connectivity index (χ0) is 81.5. The first kappa shape index (κ1) is 71.2. The molecule has 0 saturated heterocycles. The maximum Gasteiger partial charge on any atom is 0.0775 e. The van der Waals surface area contributed by atoms with Gasteiger partial charge in [0.05, 0.1) is 57.1 Å². The van der Waals surface area contributed by atoms with Crippen LogP contribution in [0.2, 0.25) is 19.6 Å². The van der Waals surface area contributed by atoms with Gasteiger partial charge in [-0.3, -0.25) is 4.98 Å². The van der Waals surface area contributed by atoms with E-state index >= 15 is 0 Å². The molecule has 123 heavy (non-hydrogen) atoms. The molecule has 27 aromatic rings. The highest BCUT2D eigenvalue weighted by Gasteiger charge is 2.26. The Kier molecular flexibility index (Phi) is 16.0. The van der Waals surface area contributed by atoms with Crippen molar-refractivity contribution in [1.82, 2.24) is 23.3 Å². The normalized spacial score (nSPS) is 12.2. The van der Waals surface area contributed by atoms with E-state index in [9.17, 15) is 0 Å². The Bertz CT molecular complexity index is 9140. The molecule has 0 aliphatic heterocycles. The van der Waals surface area contributed by atoms with Crippen LogP contribution in [0, 0.1) is 0 Å². The summed E-state index contributed by atoms with van der Waals surface area (Å²) in [4.78, 5) is 4.61. The Labute approximate surface area is 717 Å². The van der Waals surface area contributed by atoms with Gasteiger partial charge in [0.15, 0.2) is 0 Å². The van der Waals surface area contributed by atoms with Crippen molar-refractivity contribution in [2.45, 2.75) is 19.6 Å². The molecule has 578 valence electrons. The first-order chi connectivity index (χ1) is 60.6. The van der Waals surface area contributed by atoms with Gasteiger partial charge in [-0.25, -0.2) is 0 Å². The van der Waals surface area contributed by atoms with Crippen LogP contribution in [0.4, 0.5) is 0 Å². The number of aromatic nitrogens is 5. The van der Waals surface area contributed by atoms with Gasteiger partial charge in [0.25, 0.3) is 0 Å². The third kappa shape index (κ3) is 11.0. The van der Waals surface area contributed by atoms with Crippen molar-refractivity contribution in [1.29, 1.82) is 0 Å². The van der Waals surface area contributed by atoms with Crippen LogP contribution in [0.25, 0.3) is 242 Å². The first-order valence-electron chi connectivity index (χ1n) is 42.4. The maximum absolute atomic E-state index is 4.61. The van der Waals surface area contributed by atoms with E-state index in [1.807, 2.05) is 41.0 Å². The molecule has 0 saturated carbocycles. The molecule has 0 aliphatic rings. The SMILES string of the molecule is Cn1c2ccccc2c2ccc3c4ccc5c6ccccc6n(-c6cccc(-c7ccc([Si](C)(C)C)cc7)c6)c5c4ccc3c21.c1ccc(-c2cccc(-n3c4ccccc4c4ccc5c6cc7c(cc6ccc5c43)sc3ccccc37)c2)nc1.c1ccc2cc(-n3c4ccccc4c4c5ccc6ccccc6c5c5c6ccccc6sc5c43)ccc2c1. The predicted octanol–water partition coefficient (Wildman–Crippen LogP) is 32.1. The summed E-state index contributed by atoms with van der Waals surface area (Å²) in [5.74, 6) is 0. The van der Waals surface area contributed by atoms with Crippen LogP contribution in [0.15, 0.2) is 394 Å². The van der Waals surface area contributed by atoms with E-state index in [0.29, 0.717) is 0 Å². The fraction of sp³-hybridized carbons (Fsp3) is 0.0348. The Hall–Kier alpha value is -14.8. The van der Waals surface area contributed by atoms with E-state index in [2.05, 4.69) is 426 Å². The van der Waals surface area contributed by atoms with Gasteiger partial charge >= 0.3 is 0 Å². The second-order valence-corrected chi connectivity index (χ2v) is 41.2. The van der Waals surface area contributed by atoms with Crippen molar-refractivity contribution < 1.29 is 0 Å². The van der Waals surface area contributed by atoms with Gasteiger partial charge in [-0.1, -0.05) is 316 Å². The van der Waals surface area contributed by atoms with Crippen molar-refractivity contribution in [3.05, 3.63) is 394 Å². The lowest BCUT2D eigenvalue weighted by atomic mass is 9.94. The number of nitrogens with zero attached hydrogens (tertiary/aromatic N) is 5. The molecule has 20 aromatic carbocycles. The molecule has 0 radical (unpaired) electrons. The third-order valence-corrected chi connectivity index (χ3v) is 30.6. The average Bonchev–Trinajstić information content (AvgIpc) is 1.54. The van der Waals surface area contributed by atoms with Crippen molar-refractivity contribution in [2.75, 3.05) is 0 Å². The van der Waals surface area contributed by atoms with Crippen LogP contribution in [0.1, 0.15) is 0 Å². The molecule has 0 atom stereocenters. The van der Waals surface area contributed by atoms with Crippen LogP contribution in [0.3, 0.4) is 0 Å². The van der Waals surface area contributed by atoms with E-state index in [4.69, 9.17) is 0 Å². The first-order valence-corrected chi connectivity index (χ1v) is 47.6. The highest BCUT2D eigenvalue weighted by Crippen LogP contribution is 2.51. The quantitative estimate of drug-likeness (QED) is 0.121. The van der Waals surface area contributed by atoms with Crippen LogP contribution in [-0.2, 0) is 7.05 Å². The highest BCUT2D eigenvalue weighted by atomic mass is 32.1.